The number of nitrogens with zero attached hydrogens (tertiary/aromatic N) is 1. The minimum absolute atomic E-state index is 0.0864. The zero-order valence-corrected chi connectivity index (χ0v) is 12.9. The number of amides is 1. The van der Waals surface area contributed by atoms with Gasteiger partial charge in [0.1, 0.15) is 5.75 Å². The average Bonchev–Trinajstić information content (AvgIpc) is 2.58. The van der Waals surface area contributed by atoms with Gasteiger partial charge in [-0.25, -0.2) is 5.43 Å². The van der Waals surface area contributed by atoms with E-state index in [0.29, 0.717) is 12.8 Å². The summed E-state index contributed by atoms with van der Waals surface area (Å²) in [6, 6.07) is 17.5. The normalized spacial score (nSPS) is 11.1. The highest BCUT2D eigenvalue weighted by Gasteiger charge is 2.02. The molecule has 4 nitrogen and oxygen atoms in total. The molecule has 0 aliphatic carbocycles. The van der Waals surface area contributed by atoms with Crippen LogP contribution in [-0.2, 0) is 11.2 Å². The van der Waals surface area contributed by atoms with Crippen LogP contribution in [0.3, 0.4) is 0 Å². The Morgan fingerprint density at radius 1 is 1.09 bits per heavy atom. The lowest BCUT2D eigenvalue weighted by molar-refractivity contribution is -0.121. The number of aryl methyl sites for hydroxylation is 1. The summed E-state index contributed by atoms with van der Waals surface area (Å²) in [5.41, 5.74) is 5.45. The minimum atomic E-state index is -0.0864. The fourth-order valence-corrected chi connectivity index (χ4v) is 2.00. The van der Waals surface area contributed by atoms with E-state index in [1.54, 1.807) is 7.11 Å². The highest BCUT2D eigenvalue weighted by Crippen LogP contribution is 2.11. The molecule has 0 radical (unpaired) electrons. The summed E-state index contributed by atoms with van der Waals surface area (Å²) in [6.45, 7) is 1.86. The van der Waals surface area contributed by atoms with Gasteiger partial charge in [-0.15, -0.1) is 0 Å². The maximum Gasteiger partial charge on any atom is 0.240 e. The standard InChI is InChI=1S/C18H20N2O2/c1-14(16-9-11-17(22-2)12-10-16)19-20-18(21)13-8-15-6-4-3-5-7-15/h3-7,9-12H,8,13H2,1-2H3,(H,20,21). The van der Waals surface area contributed by atoms with Gasteiger partial charge in [-0.05, 0) is 48.7 Å². The third-order valence-corrected chi connectivity index (χ3v) is 3.34. The molecule has 0 aliphatic heterocycles. The lowest BCUT2D eigenvalue weighted by Crippen LogP contribution is -2.19. The molecule has 22 heavy (non-hydrogen) atoms. The first-order chi connectivity index (χ1) is 10.7. The number of hydrazone groups is 1. The summed E-state index contributed by atoms with van der Waals surface area (Å²) in [6.07, 6.45) is 1.13. The second-order valence-corrected chi connectivity index (χ2v) is 4.95. The second-order valence-electron chi connectivity index (χ2n) is 4.95. The van der Waals surface area contributed by atoms with E-state index < -0.39 is 0 Å². The first kappa shape index (κ1) is 15.8. The molecule has 1 N–H and O–H groups in total. The topological polar surface area (TPSA) is 50.7 Å². The van der Waals surface area contributed by atoms with Gasteiger partial charge in [0, 0.05) is 6.42 Å². The molecule has 0 aliphatic rings. The number of benzene rings is 2. The quantitative estimate of drug-likeness (QED) is 0.657. The third-order valence-electron chi connectivity index (χ3n) is 3.34. The van der Waals surface area contributed by atoms with Gasteiger partial charge in [0.15, 0.2) is 0 Å². The molecule has 2 aromatic rings. The summed E-state index contributed by atoms with van der Waals surface area (Å²) in [5.74, 6) is 0.708. The molecule has 0 atom stereocenters. The molecule has 114 valence electrons. The van der Waals surface area contributed by atoms with Crippen molar-refractivity contribution in [1.82, 2.24) is 5.43 Å². The van der Waals surface area contributed by atoms with E-state index in [1.165, 1.54) is 0 Å². The highest BCUT2D eigenvalue weighted by molar-refractivity contribution is 5.99. The van der Waals surface area contributed by atoms with Crippen molar-refractivity contribution in [2.75, 3.05) is 7.11 Å². The Hall–Kier alpha value is -2.62. The molecule has 0 unspecified atom stereocenters. The lowest BCUT2D eigenvalue weighted by Gasteiger charge is -2.04. The number of hydrogen-bond donors (Lipinski definition) is 1. The van der Waals surface area contributed by atoms with Crippen LogP contribution in [0.4, 0.5) is 0 Å². The van der Waals surface area contributed by atoms with Crippen LogP contribution in [0, 0.1) is 0 Å². The monoisotopic (exact) mass is 296 g/mol. The highest BCUT2D eigenvalue weighted by atomic mass is 16.5. The number of ether oxygens (including phenoxy) is 1. The third kappa shape index (κ3) is 4.74. The number of hydrogen-bond acceptors (Lipinski definition) is 3. The van der Waals surface area contributed by atoms with Gasteiger partial charge in [0.25, 0.3) is 0 Å². The van der Waals surface area contributed by atoms with Crippen LogP contribution in [0.2, 0.25) is 0 Å². The van der Waals surface area contributed by atoms with Crippen molar-refractivity contribution in [2.45, 2.75) is 19.8 Å². The van der Waals surface area contributed by atoms with Crippen LogP contribution in [-0.4, -0.2) is 18.7 Å². The Morgan fingerprint density at radius 3 is 2.41 bits per heavy atom. The summed E-state index contributed by atoms with van der Waals surface area (Å²) >= 11 is 0. The van der Waals surface area contributed by atoms with Crippen molar-refractivity contribution >= 4 is 11.6 Å². The molecule has 2 aromatic carbocycles. The van der Waals surface area contributed by atoms with Crippen LogP contribution < -0.4 is 10.2 Å². The van der Waals surface area contributed by atoms with Crippen LogP contribution in [0.25, 0.3) is 0 Å². The number of methoxy groups -OCH3 is 1. The molecular weight excluding hydrogens is 276 g/mol. The average molecular weight is 296 g/mol. The van der Waals surface area contributed by atoms with Gasteiger partial charge in [0.05, 0.1) is 12.8 Å². The summed E-state index contributed by atoms with van der Waals surface area (Å²) in [5, 5.41) is 4.14. The first-order valence-electron chi connectivity index (χ1n) is 7.20. The number of rotatable bonds is 6. The van der Waals surface area contributed by atoms with E-state index in [4.69, 9.17) is 4.74 Å². The van der Waals surface area contributed by atoms with E-state index in [2.05, 4.69) is 10.5 Å². The summed E-state index contributed by atoms with van der Waals surface area (Å²) in [7, 11) is 1.63. The molecule has 0 saturated carbocycles. The lowest BCUT2D eigenvalue weighted by atomic mass is 10.1. The molecular formula is C18H20N2O2. The maximum absolute atomic E-state index is 11.8. The molecule has 2 rings (SSSR count). The predicted octanol–water partition coefficient (Wildman–Crippen LogP) is 3.17. The van der Waals surface area contributed by atoms with E-state index in [1.807, 2.05) is 61.5 Å². The molecule has 0 heterocycles. The maximum atomic E-state index is 11.8. The molecule has 4 heteroatoms. The van der Waals surface area contributed by atoms with Crippen LogP contribution in [0.5, 0.6) is 5.75 Å². The van der Waals surface area contributed by atoms with Crippen molar-refractivity contribution in [3.63, 3.8) is 0 Å². The number of nitrogens with one attached hydrogen (secondary N) is 1. The fraction of sp³-hybridized carbons (Fsp3) is 0.222. The van der Waals surface area contributed by atoms with Crippen molar-refractivity contribution in [3.8, 4) is 5.75 Å². The Bertz CT molecular complexity index is 634. The minimum Gasteiger partial charge on any atom is -0.497 e. The smallest absolute Gasteiger partial charge is 0.240 e. The number of carbonyl (C=O) groups excluding carboxylic acids is 1. The van der Waals surface area contributed by atoms with Gasteiger partial charge in [-0.3, -0.25) is 4.79 Å². The van der Waals surface area contributed by atoms with Crippen molar-refractivity contribution in [2.24, 2.45) is 5.10 Å². The Morgan fingerprint density at radius 2 is 1.77 bits per heavy atom. The van der Waals surface area contributed by atoms with E-state index in [9.17, 15) is 4.79 Å². The Balaban J connectivity index is 1.85. The van der Waals surface area contributed by atoms with Crippen molar-refractivity contribution in [1.29, 1.82) is 0 Å². The van der Waals surface area contributed by atoms with Crippen molar-refractivity contribution < 1.29 is 9.53 Å². The first-order valence-corrected chi connectivity index (χ1v) is 7.20. The van der Waals surface area contributed by atoms with Gasteiger partial charge >= 0.3 is 0 Å². The van der Waals surface area contributed by atoms with Gasteiger partial charge in [-0.1, -0.05) is 30.3 Å². The Labute approximate surface area is 130 Å². The van der Waals surface area contributed by atoms with Gasteiger partial charge < -0.3 is 4.74 Å². The molecule has 1 amide bonds. The Kier molecular flexibility index (Phi) is 5.72. The van der Waals surface area contributed by atoms with Crippen LogP contribution in [0.15, 0.2) is 59.7 Å². The second kappa shape index (κ2) is 7.98. The SMILES string of the molecule is COc1ccc(C(C)=NNC(=O)CCc2ccccc2)cc1. The van der Waals surface area contributed by atoms with E-state index >= 15 is 0 Å². The van der Waals surface area contributed by atoms with Gasteiger partial charge in [-0.2, -0.15) is 5.10 Å². The number of carbonyl (C=O) groups is 1. The zero-order valence-electron chi connectivity index (χ0n) is 12.9. The fourth-order valence-electron chi connectivity index (χ4n) is 2.00. The summed E-state index contributed by atoms with van der Waals surface area (Å²) < 4.78 is 5.11. The molecule has 0 bridgehead atoms. The van der Waals surface area contributed by atoms with Gasteiger partial charge in [0.2, 0.25) is 5.91 Å². The largest absolute Gasteiger partial charge is 0.497 e. The zero-order chi connectivity index (χ0) is 15.8. The molecule has 0 aromatic heterocycles. The summed E-state index contributed by atoms with van der Waals surface area (Å²) in [4.78, 5) is 11.8. The van der Waals surface area contributed by atoms with Crippen LogP contribution >= 0.6 is 0 Å². The van der Waals surface area contributed by atoms with E-state index in [-0.39, 0.29) is 5.91 Å². The predicted molar refractivity (Wildman–Crippen MR) is 88.1 cm³/mol. The molecule has 0 fully saturated rings. The van der Waals surface area contributed by atoms with Crippen LogP contribution in [0.1, 0.15) is 24.5 Å². The van der Waals surface area contributed by atoms with E-state index in [0.717, 1.165) is 22.6 Å². The molecule has 0 saturated heterocycles. The molecule has 0 spiro atoms. The van der Waals surface area contributed by atoms with Crippen molar-refractivity contribution in [3.05, 3.63) is 65.7 Å².